The first-order chi connectivity index (χ1) is 15.9. The molecular weight excluding hydrogens is 426 g/mol. The molecule has 9 heteroatoms. The monoisotopic (exact) mass is 448 g/mol. The van der Waals surface area contributed by atoms with E-state index in [1.807, 2.05) is 13.8 Å². The highest BCUT2D eigenvalue weighted by molar-refractivity contribution is 5.95. The molecule has 33 heavy (non-hydrogen) atoms. The number of fused-ring (bicyclic) bond motifs is 1. The number of aromatic nitrogens is 4. The molecule has 2 aromatic carbocycles. The van der Waals surface area contributed by atoms with Crippen LogP contribution in [0.4, 0.5) is 14.6 Å². The van der Waals surface area contributed by atoms with Gasteiger partial charge in [0.05, 0.1) is 16.8 Å². The second-order valence-corrected chi connectivity index (χ2v) is 8.05. The van der Waals surface area contributed by atoms with E-state index in [1.54, 1.807) is 21.7 Å². The quantitative estimate of drug-likeness (QED) is 0.479. The number of amides is 1. The molecule has 1 aliphatic rings. The van der Waals surface area contributed by atoms with Gasteiger partial charge in [-0.1, -0.05) is 0 Å². The Morgan fingerprint density at radius 2 is 1.45 bits per heavy atom. The van der Waals surface area contributed by atoms with Gasteiger partial charge < -0.3 is 9.80 Å². The number of hydrogen-bond donors (Lipinski definition) is 0. The summed E-state index contributed by atoms with van der Waals surface area (Å²) in [5, 5.41) is 5.48. The molecule has 0 N–H and O–H groups in total. The van der Waals surface area contributed by atoms with Crippen LogP contribution in [-0.4, -0.2) is 56.7 Å². The maximum Gasteiger partial charge on any atom is 0.253 e. The lowest BCUT2D eigenvalue weighted by Crippen LogP contribution is -2.49. The predicted octanol–water partition coefficient (Wildman–Crippen LogP) is 3.67. The van der Waals surface area contributed by atoms with Gasteiger partial charge in [0.2, 0.25) is 0 Å². The van der Waals surface area contributed by atoms with Crippen LogP contribution in [0.3, 0.4) is 0 Å². The summed E-state index contributed by atoms with van der Waals surface area (Å²) in [6, 6.07) is 11.7. The number of hydrogen-bond acceptors (Lipinski definition) is 5. The van der Waals surface area contributed by atoms with Crippen molar-refractivity contribution in [3.8, 4) is 5.69 Å². The van der Waals surface area contributed by atoms with Crippen molar-refractivity contribution < 1.29 is 13.6 Å². The van der Waals surface area contributed by atoms with E-state index in [-0.39, 0.29) is 17.5 Å². The number of benzene rings is 2. The first kappa shape index (κ1) is 21.0. The van der Waals surface area contributed by atoms with E-state index in [2.05, 4.69) is 15.0 Å². The fourth-order valence-corrected chi connectivity index (χ4v) is 4.16. The Morgan fingerprint density at radius 1 is 0.848 bits per heavy atom. The highest BCUT2D eigenvalue weighted by Crippen LogP contribution is 2.29. The van der Waals surface area contributed by atoms with Crippen molar-refractivity contribution in [3.63, 3.8) is 0 Å². The molecule has 0 radical (unpaired) electrons. The predicted molar refractivity (Wildman–Crippen MR) is 121 cm³/mol. The highest BCUT2D eigenvalue weighted by atomic mass is 19.1. The minimum Gasteiger partial charge on any atom is -0.352 e. The van der Waals surface area contributed by atoms with Crippen LogP contribution in [0.25, 0.3) is 16.7 Å². The van der Waals surface area contributed by atoms with Gasteiger partial charge in [0.25, 0.3) is 5.91 Å². The van der Waals surface area contributed by atoms with Crippen LogP contribution in [0.2, 0.25) is 0 Å². The topological polar surface area (TPSA) is 67.2 Å². The summed E-state index contributed by atoms with van der Waals surface area (Å²) in [5.74, 6) is 0.587. The maximum absolute atomic E-state index is 13.4. The Balaban J connectivity index is 1.43. The number of anilines is 1. The number of aryl methyl sites for hydroxylation is 2. The Kier molecular flexibility index (Phi) is 5.24. The Bertz CT molecular complexity index is 1330. The van der Waals surface area contributed by atoms with Gasteiger partial charge in [-0.2, -0.15) is 5.10 Å². The number of halogens is 2. The van der Waals surface area contributed by atoms with E-state index in [0.29, 0.717) is 48.9 Å². The van der Waals surface area contributed by atoms with Crippen LogP contribution in [0.1, 0.15) is 21.9 Å². The van der Waals surface area contributed by atoms with Crippen molar-refractivity contribution >= 4 is 22.8 Å². The number of carbonyl (C=O) groups is 1. The molecule has 5 rings (SSSR count). The maximum atomic E-state index is 13.4. The van der Waals surface area contributed by atoms with Crippen molar-refractivity contribution in [2.24, 2.45) is 0 Å². The van der Waals surface area contributed by atoms with Gasteiger partial charge in [0, 0.05) is 31.7 Å². The van der Waals surface area contributed by atoms with Gasteiger partial charge in [0.15, 0.2) is 5.65 Å². The molecule has 1 saturated heterocycles. The standard InChI is InChI=1S/C24H22F2N6O/c1-15-21-22(27-16(2)28-23(21)32(29-15)20-9-7-19(26)8-10-20)30-11-13-31(14-12-30)24(33)17-3-5-18(25)6-4-17/h3-10H,11-14H2,1-2H3. The van der Waals surface area contributed by atoms with Crippen molar-refractivity contribution in [1.29, 1.82) is 0 Å². The highest BCUT2D eigenvalue weighted by Gasteiger charge is 2.26. The van der Waals surface area contributed by atoms with E-state index in [9.17, 15) is 13.6 Å². The van der Waals surface area contributed by atoms with E-state index in [1.165, 1.54) is 36.4 Å². The summed E-state index contributed by atoms with van der Waals surface area (Å²) in [4.78, 5) is 26.0. The average molecular weight is 448 g/mol. The number of carbonyl (C=O) groups excluding carboxylic acids is 1. The molecule has 0 atom stereocenters. The first-order valence-corrected chi connectivity index (χ1v) is 10.7. The zero-order valence-electron chi connectivity index (χ0n) is 18.3. The zero-order valence-corrected chi connectivity index (χ0v) is 18.3. The van der Waals surface area contributed by atoms with Crippen molar-refractivity contribution in [2.75, 3.05) is 31.1 Å². The summed E-state index contributed by atoms with van der Waals surface area (Å²) in [5.41, 5.74) is 2.62. The third-order valence-electron chi connectivity index (χ3n) is 5.82. The molecule has 1 fully saturated rings. The Hall–Kier alpha value is -3.88. The van der Waals surface area contributed by atoms with Crippen LogP contribution in [0, 0.1) is 25.5 Å². The largest absolute Gasteiger partial charge is 0.352 e. The Morgan fingerprint density at radius 3 is 2.09 bits per heavy atom. The summed E-state index contributed by atoms with van der Waals surface area (Å²) >= 11 is 0. The van der Waals surface area contributed by atoms with E-state index < -0.39 is 0 Å². The molecule has 2 aromatic heterocycles. The number of rotatable bonds is 3. The second-order valence-electron chi connectivity index (χ2n) is 8.05. The van der Waals surface area contributed by atoms with Gasteiger partial charge in [-0.25, -0.2) is 23.4 Å². The lowest BCUT2D eigenvalue weighted by Gasteiger charge is -2.35. The zero-order chi connectivity index (χ0) is 23.1. The summed E-state index contributed by atoms with van der Waals surface area (Å²) < 4.78 is 28.3. The molecule has 7 nitrogen and oxygen atoms in total. The third-order valence-corrected chi connectivity index (χ3v) is 5.82. The van der Waals surface area contributed by atoms with Gasteiger partial charge in [0.1, 0.15) is 23.3 Å². The minimum absolute atomic E-state index is 0.112. The molecule has 0 saturated carbocycles. The smallest absolute Gasteiger partial charge is 0.253 e. The first-order valence-electron chi connectivity index (χ1n) is 10.7. The van der Waals surface area contributed by atoms with Crippen molar-refractivity contribution in [3.05, 3.63) is 77.2 Å². The lowest BCUT2D eigenvalue weighted by molar-refractivity contribution is 0.0746. The molecule has 3 heterocycles. The van der Waals surface area contributed by atoms with Gasteiger partial charge in [-0.05, 0) is 62.4 Å². The summed E-state index contributed by atoms with van der Waals surface area (Å²) in [6.07, 6.45) is 0. The van der Waals surface area contributed by atoms with E-state index >= 15 is 0 Å². The summed E-state index contributed by atoms with van der Waals surface area (Å²) in [6.45, 7) is 5.96. The SMILES string of the molecule is Cc1nc(N2CCN(C(=O)c3ccc(F)cc3)CC2)c2c(C)nn(-c3ccc(F)cc3)c2n1. The van der Waals surface area contributed by atoms with Crippen molar-refractivity contribution in [2.45, 2.75) is 13.8 Å². The van der Waals surface area contributed by atoms with Crippen LogP contribution in [-0.2, 0) is 0 Å². The normalized spacial score (nSPS) is 14.2. The third kappa shape index (κ3) is 3.90. The second kappa shape index (κ2) is 8.23. The molecule has 1 amide bonds. The van der Waals surface area contributed by atoms with Crippen LogP contribution >= 0.6 is 0 Å². The van der Waals surface area contributed by atoms with Gasteiger partial charge in [-0.3, -0.25) is 4.79 Å². The molecule has 4 aromatic rings. The molecule has 0 spiro atoms. The van der Waals surface area contributed by atoms with Gasteiger partial charge in [-0.15, -0.1) is 0 Å². The molecule has 1 aliphatic heterocycles. The number of nitrogens with zero attached hydrogens (tertiary/aromatic N) is 6. The van der Waals surface area contributed by atoms with Crippen molar-refractivity contribution in [1.82, 2.24) is 24.6 Å². The summed E-state index contributed by atoms with van der Waals surface area (Å²) in [7, 11) is 0. The molecule has 0 unspecified atom stereocenters. The van der Waals surface area contributed by atoms with Crippen LogP contribution < -0.4 is 4.90 Å². The molecular formula is C24H22F2N6O. The fraction of sp³-hybridized carbons (Fsp3) is 0.250. The minimum atomic E-state index is -0.365. The fourth-order valence-electron chi connectivity index (χ4n) is 4.16. The molecule has 0 aliphatic carbocycles. The van der Waals surface area contributed by atoms with Crippen LogP contribution in [0.15, 0.2) is 48.5 Å². The Labute approximate surface area is 189 Å². The lowest BCUT2D eigenvalue weighted by atomic mass is 10.1. The average Bonchev–Trinajstić information content (AvgIpc) is 3.15. The van der Waals surface area contributed by atoms with E-state index in [4.69, 9.17) is 4.98 Å². The molecule has 168 valence electrons. The molecule has 0 bridgehead atoms. The van der Waals surface area contributed by atoms with Gasteiger partial charge >= 0.3 is 0 Å². The van der Waals surface area contributed by atoms with E-state index in [0.717, 1.165) is 16.9 Å². The van der Waals surface area contributed by atoms with Crippen LogP contribution in [0.5, 0.6) is 0 Å². The number of piperazine rings is 1.